The van der Waals surface area contributed by atoms with Crippen LogP contribution in [0.5, 0.6) is 5.75 Å². The zero-order valence-electron chi connectivity index (χ0n) is 12.7. The van der Waals surface area contributed by atoms with Crippen LogP contribution in [0, 0.1) is 11.3 Å². The maximum Gasteiger partial charge on any atom is 0.411 e. The summed E-state index contributed by atoms with van der Waals surface area (Å²) in [7, 11) is 0. The third-order valence-corrected chi connectivity index (χ3v) is 2.99. The van der Waals surface area contributed by atoms with Gasteiger partial charge in [0.25, 0.3) is 0 Å². The zero-order valence-corrected chi connectivity index (χ0v) is 12.7. The number of benzene rings is 2. The number of hydrogen-bond acceptors (Lipinski definition) is 4. The van der Waals surface area contributed by atoms with E-state index in [-0.39, 0.29) is 6.61 Å². The normalized spacial score (nSPS) is 9.70. The summed E-state index contributed by atoms with van der Waals surface area (Å²) in [5.41, 5.74) is 1.53. The first-order chi connectivity index (χ1) is 11.3. The number of unbranched alkanes of at least 4 members (excludes halogenated alkanes) is 1. The summed E-state index contributed by atoms with van der Waals surface area (Å²) in [6.45, 7) is 0.687. The second-order valence-electron chi connectivity index (χ2n) is 4.82. The lowest BCUT2D eigenvalue weighted by Crippen LogP contribution is -2.13. The van der Waals surface area contributed by atoms with Crippen LogP contribution in [0.25, 0.3) is 0 Å². The van der Waals surface area contributed by atoms with Crippen molar-refractivity contribution in [1.29, 1.82) is 5.26 Å². The fourth-order valence-electron chi connectivity index (χ4n) is 1.88. The van der Waals surface area contributed by atoms with Crippen LogP contribution < -0.4 is 10.1 Å². The number of rotatable bonds is 7. The van der Waals surface area contributed by atoms with Gasteiger partial charge in [0.1, 0.15) is 12.4 Å². The molecule has 0 atom stereocenters. The molecule has 0 heterocycles. The van der Waals surface area contributed by atoms with Gasteiger partial charge in [-0.25, -0.2) is 4.79 Å². The Morgan fingerprint density at radius 3 is 2.74 bits per heavy atom. The largest absolute Gasteiger partial charge is 0.493 e. The minimum Gasteiger partial charge on any atom is -0.493 e. The smallest absolute Gasteiger partial charge is 0.411 e. The number of carbonyl (C=O) groups is 1. The van der Waals surface area contributed by atoms with E-state index in [1.54, 1.807) is 24.3 Å². The highest BCUT2D eigenvalue weighted by molar-refractivity contribution is 5.84. The number of anilines is 1. The standard InChI is InChI=1S/C18H18N2O3/c19-11-4-5-12-22-17-10-6-9-16(13-17)20-18(21)23-14-15-7-2-1-3-8-15/h1-3,6-10,13H,4-5,12,14H2,(H,20,21). The van der Waals surface area contributed by atoms with Crippen molar-refractivity contribution in [3.8, 4) is 11.8 Å². The molecule has 2 aromatic carbocycles. The minimum absolute atomic E-state index is 0.219. The van der Waals surface area contributed by atoms with Crippen LogP contribution in [0.1, 0.15) is 18.4 Å². The number of nitriles is 1. The van der Waals surface area contributed by atoms with Crippen molar-refractivity contribution in [2.24, 2.45) is 0 Å². The second kappa shape index (κ2) is 9.11. The molecular formula is C18H18N2O3. The molecule has 0 saturated carbocycles. The lowest BCUT2D eigenvalue weighted by molar-refractivity contribution is 0.155. The third-order valence-electron chi connectivity index (χ3n) is 2.99. The molecule has 2 rings (SSSR count). The van der Waals surface area contributed by atoms with Crippen LogP contribution in [0.15, 0.2) is 54.6 Å². The predicted octanol–water partition coefficient (Wildman–Crippen LogP) is 4.12. The Kier molecular flexibility index (Phi) is 6.48. The van der Waals surface area contributed by atoms with E-state index in [0.717, 1.165) is 5.56 Å². The highest BCUT2D eigenvalue weighted by Gasteiger charge is 2.05. The van der Waals surface area contributed by atoms with Gasteiger partial charge < -0.3 is 9.47 Å². The van der Waals surface area contributed by atoms with Crippen molar-refractivity contribution in [3.63, 3.8) is 0 Å². The SMILES string of the molecule is N#CCCCOc1cccc(NC(=O)OCc2ccccc2)c1. The van der Waals surface area contributed by atoms with Gasteiger partial charge in [-0.15, -0.1) is 0 Å². The van der Waals surface area contributed by atoms with Gasteiger partial charge in [-0.3, -0.25) is 5.32 Å². The number of carbonyl (C=O) groups excluding carboxylic acids is 1. The average Bonchev–Trinajstić information content (AvgIpc) is 2.58. The van der Waals surface area contributed by atoms with Crippen LogP contribution in [0.4, 0.5) is 10.5 Å². The average molecular weight is 310 g/mol. The van der Waals surface area contributed by atoms with Gasteiger partial charge in [-0.05, 0) is 24.1 Å². The summed E-state index contributed by atoms with van der Waals surface area (Å²) in [5.74, 6) is 0.642. The van der Waals surface area contributed by atoms with Gasteiger partial charge >= 0.3 is 6.09 Å². The van der Waals surface area contributed by atoms with E-state index in [2.05, 4.69) is 11.4 Å². The Balaban J connectivity index is 1.80. The number of nitrogens with one attached hydrogen (secondary N) is 1. The molecule has 0 aliphatic heterocycles. The molecule has 0 unspecified atom stereocenters. The Bertz CT molecular complexity index is 665. The molecule has 0 aliphatic carbocycles. The molecule has 0 saturated heterocycles. The molecular weight excluding hydrogens is 292 g/mol. The fraction of sp³-hybridized carbons (Fsp3) is 0.222. The van der Waals surface area contributed by atoms with Crippen LogP contribution in [0.3, 0.4) is 0 Å². The Labute approximate surface area is 135 Å². The Morgan fingerprint density at radius 2 is 1.96 bits per heavy atom. The number of nitrogens with zero attached hydrogens (tertiary/aromatic N) is 1. The summed E-state index contributed by atoms with van der Waals surface area (Å²) < 4.78 is 10.7. The maximum atomic E-state index is 11.8. The van der Waals surface area contributed by atoms with Gasteiger partial charge in [0.2, 0.25) is 0 Å². The summed E-state index contributed by atoms with van der Waals surface area (Å²) in [6, 6.07) is 18.6. The molecule has 1 amide bonds. The summed E-state index contributed by atoms with van der Waals surface area (Å²) in [6.07, 6.45) is 0.618. The molecule has 118 valence electrons. The number of hydrogen-bond donors (Lipinski definition) is 1. The topological polar surface area (TPSA) is 71.3 Å². The van der Waals surface area contributed by atoms with E-state index >= 15 is 0 Å². The van der Waals surface area contributed by atoms with Crippen molar-refractivity contribution < 1.29 is 14.3 Å². The number of amides is 1. The van der Waals surface area contributed by atoms with Crippen LogP contribution >= 0.6 is 0 Å². The van der Waals surface area contributed by atoms with E-state index in [1.165, 1.54) is 0 Å². The minimum atomic E-state index is -0.518. The molecule has 0 bridgehead atoms. The number of ether oxygens (including phenoxy) is 2. The molecule has 0 radical (unpaired) electrons. The molecule has 2 aromatic rings. The molecule has 0 spiro atoms. The Morgan fingerprint density at radius 1 is 1.13 bits per heavy atom. The van der Waals surface area contributed by atoms with Gasteiger partial charge in [0, 0.05) is 18.2 Å². The first-order valence-electron chi connectivity index (χ1n) is 7.35. The lowest BCUT2D eigenvalue weighted by Gasteiger charge is -2.09. The van der Waals surface area contributed by atoms with Crippen molar-refractivity contribution in [2.45, 2.75) is 19.4 Å². The zero-order chi connectivity index (χ0) is 16.3. The van der Waals surface area contributed by atoms with Crippen molar-refractivity contribution in [3.05, 3.63) is 60.2 Å². The van der Waals surface area contributed by atoms with E-state index in [9.17, 15) is 4.79 Å². The van der Waals surface area contributed by atoms with Crippen LogP contribution in [-0.2, 0) is 11.3 Å². The van der Waals surface area contributed by atoms with Crippen molar-refractivity contribution in [1.82, 2.24) is 0 Å². The highest BCUT2D eigenvalue weighted by Crippen LogP contribution is 2.18. The summed E-state index contributed by atoms with van der Waals surface area (Å²) in [5, 5.41) is 11.1. The molecule has 0 fully saturated rings. The van der Waals surface area contributed by atoms with Gasteiger partial charge in [0.15, 0.2) is 0 Å². The van der Waals surface area contributed by atoms with E-state index in [0.29, 0.717) is 30.9 Å². The highest BCUT2D eigenvalue weighted by atomic mass is 16.5. The maximum absolute atomic E-state index is 11.8. The van der Waals surface area contributed by atoms with E-state index in [4.69, 9.17) is 14.7 Å². The molecule has 23 heavy (non-hydrogen) atoms. The molecule has 5 nitrogen and oxygen atoms in total. The summed E-state index contributed by atoms with van der Waals surface area (Å²) >= 11 is 0. The third kappa shape index (κ3) is 6.10. The molecule has 0 aliphatic rings. The van der Waals surface area contributed by atoms with Crippen molar-refractivity contribution in [2.75, 3.05) is 11.9 Å². The second-order valence-corrected chi connectivity index (χ2v) is 4.82. The quantitative estimate of drug-likeness (QED) is 0.781. The van der Waals surface area contributed by atoms with Gasteiger partial charge in [-0.1, -0.05) is 36.4 Å². The van der Waals surface area contributed by atoms with Gasteiger partial charge in [0.05, 0.1) is 12.7 Å². The monoisotopic (exact) mass is 310 g/mol. The fourth-order valence-corrected chi connectivity index (χ4v) is 1.88. The Hall–Kier alpha value is -3.00. The van der Waals surface area contributed by atoms with Crippen molar-refractivity contribution >= 4 is 11.8 Å². The molecule has 0 aromatic heterocycles. The first-order valence-corrected chi connectivity index (χ1v) is 7.35. The van der Waals surface area contributed by atoms with E-state index in [1.807, 2.05) is 30.3 Å². The molecule has 5 heteroatoms. The summed E-state index contributed by atoms with van der Waals surface area (Å²) in [4.78, 5) is 11.8. The molecule has 1 N–H and O–H groups in total. The lowest BCUT2D eigenvalue weighted by atomic mass is 10.2. The first kappa shape index (κ1) is 16.4. The van der Waals surface area contributed by atoms with Crippen LogP contribution in [-0.4, -0.2) is 12.7 Å². The van der Waals surface area contributed by atoms with Gasteiger partial charge in [-0.2, -0.15) is 5.26 Å². The van der Waals surface area contributed by atoms with E-state index < -0.39 is 6.09 Å². The predicted molar refractivity (Wildman–Crippen MR) is 87.0 cm³/mol. The van der Waals surface area contributed by atoms with Crippen LogP contribution in [0.2, 0.25) is 0 Å².